The summed E-state index contributed by atoms with van der Waals surface area (Å²) in [6.07, 6.45) is 3.50. The molecule has 1 aliphatic rings. The minimum Gasteiger partial charge on any atom is -0.385 e. The molecule has 0 radical (unpaired) electrons. The van der Waals surface area contributed by atoms with Crippen LogP contribution in [-0.2, 0) is 32.1 Å². The third kappa shape index (κ3) is 7.36. The predicted molar refractivity (Wildman–Crippen MR) is 139 cm³/mol. The summed E-state index contributed by atoms with van der Waals surface area (Å²) >= 11 is 0. The first-order chi connectivity index (χ1) is 16.4. The summed E-state index contributed by atoms with van der Waals surface area (Å²) in [5.74, 6) is 0.567. The molecule has 3 rings (SSSR count). The van der Waals surface area contributed by atoms with Gasteiger partial charge in [0.15, 0.2) is 0 Å². The molecule has 0 amide bonds. The Labute approximate surface area is 210 Å². The summed E-state index contributed by atoms with van der Waals surface area (Å²) in [7, 11) is -6.79. The van der Waals surface area contributed by atoms with Crippen molar-refractivity contribution in [2.24, 2.45) is 11.8 Å². The van der Waals surface area contributed by atoms with Crippen molar-refractivity contribution in [2.45, 2.75) is 68.6 Å². The lowest BCUT2D eigenvalue weighted by atomic mass is 9.71. The van der Waals surface area contributed by atoms with E-state index in [0.717, 1.165) is 24.0 Å². The molecular formula is C26H38N2O5S2. The van der Waals surface area contributed by atoms with Gasteiger partial charge in [0.05, 0.1) is 15.7 Å². The van der Waals surface area contributed by atoms with Crippen molar-refractivity contribution in [3.05, 3.63) is 65.7 Å². The first kappa shape index (κ1) is 27.8. The molecule has 2 aromatic rings. The summed E-state index contributed by atoms with van der Waals surface area (Å²) in [4.78, 5) is 0.250. The van der Waals surface area contributed by atoms with Crippen LogP contribution in [0.4, 0.5) is 0 Å². The SMILES string of the molecule is CC(CNS(=O)(=O)C(C)C)C1CCC(O)(c2ccc(CCNS(=O)(=O)c3ccccc3)cc2)CC1. The Kier molecular flexibility index (Phi) is 9.15. The molecule has 194 valence electrons. The van der Waals surface area contributed by atoms with E-state index in [1.165, 1.54) is 0 Å². The fraction of sp³-hybridized carbons (Fsp3) is 0.538. The molecule has 0 bridgehead atoms. The lowest BCUT2D eigenvalue weighted by Crippen LogP contribution is -2.38. The largest absolute Gasteiger partial charge is 0.385 e. The highest BCUT2D eigenvalue weighted by atomic mass is 32.2. The number of rotatable bonds is 11. The predicted octanol–water partition coefficient (Wildman–Crippen LogP) is 3.55. The zero-order valence-corrected chi connectivity index (χ0v) is 22.4. The van der Waals surface area contributed by atoms with Crippen LogP contribution in [0.15, 0.2) is 59.5 Å². The van der Waals surface area contributed by atoms with Gasteiger partial charge in [-0.25, -0.2) is 26.3 Å². The normalized spacial score (nSPS) is 22.3. The summed E-state index contributed by atoms with van der Waals surface area (Å²) in [6.45, 7) is 6.12. The van der Waals surface area contributed by atoms with E-state index in [4.69, 9.17) is 0 Å². The standard InChI is InChI=1S/C26H38N2O5S2/c1-20(2)34(30,31)28-19-21(3)23-13-16-26(29,17-14-23)24-11-9-22(10-12-24)15-18-27-35(32,33)25-7-5-4-6-8-25/h4-12,20-21,23,27-29H,13-19H2,1-3H3. The zero-order chi connectivity index (χ0) is 25.7. The van der Waals surface area contributed by atoms with Crippen molar-refractivity contribution in [1.29, 1.82) is 0 Å². The number of benzene rings is 2. The molecule has 1 aliphatic carbocycles. The highest BCUT2D eigenvalue weighted by Gasteiger charge is 2.36. The average molecular weight is 523 g/mol. The number of nitrogens with one attached hydrogen (secondary N) is 2. The Morgan fingerprint density at radius 2 is 1.51 bits per heavy atom. The summed E-state index contributed by atoms with van der Waals surface area (Å²) in [5, 5.41) is 10.8. The molecule has 1 saturated carbocycles. The monoisotopic (exact) mass is 522 g/mol. The van der Waals surface area contributed by atoms with Crippen LogP contribution >= 0.6 is 0 Å². The Hall–Kier alpha value is -1.78. The fourth-order valence-electron chi connectivity index (χ4n) is 4.55. The van der Waals surface area contributed by atoms with Gasteiger partial charge in [-0.1, -0.05) is 49.4 Å². The number of aliphatic hydroxyl groups is 1. The fourth-order valence-corrected chi connectivity index (χ4v) is 6.43. The van der Waals surface area contributed by atoms with E-state index in [2.05, 4.69) is 16.4 Å². The van der Waals surface area contributed by atoms with Crippen LogP contribution in [0.3, 0.4) is 0 Å². The Morgan fingerprint density at radius 3 is 2.09 bits per heavy atom. The van der Waals surface area contributed by atoms with Crippen LogP contribution in [-0.4, -0.2) is 40.3 Å². The van der Waals surface area contributed by atoms with Gasteiger partial charge in [0.25, 0.3) is 0 Å². The highest BCUT2D eigenvalue weighted by Crippen LogP contribution is 2.41. The first-order valence-electron chi connectivity index (χ1n) is 12.3. The van der Waals surface area contributed by atoms with Crippen LogP contribution in [0.5, 0.6) is 0 Å². The number of sulfonamides is 2. The number of hydrogen-bond donors (Lipinski definition) is 3. The minimum absolute atomic E-state index is 0.204. The highest BCUT2D eigenvalue weighted by molar-refractivity contribution is 7.90. The maximum atomic E-state index is 12.3. The summed E-state index contributed by atoms with van der Waals surface area (Å²) < 4.78 is 54.1. The van der Waals surface area contributed by atoms with Crippen LogP contribution in [0, 0.1) is 11.8 Å². The van der Waals surface area contributed by atoms with E-state index in [1.54, 1.807) is 44.2 Å². The molecule has 1 unspecified atom stereocenters. The smallest absolute Gasteiger partial charge is 0.240 e. The molecule has 0 spiro atoms. The maximum Gasteiger partial charge on any atom is 0.240 e. The molecular weight excluding hydrogens is 484 g/mol. The molecule has 1 atom stereocenters. The van der Waals surface area contributed by atoms with Crippen LogP contribution in [0.25, 0.3) is 0 Å². The van der Waals surface area contributed by atoms with E-state index in [1.807, 2.05) is 24.3 Å². The second kappa shape index (κ2) is 11.5. The Bertz CT molecular complexity index is 1160. The maximum absolute atomic E-state index is 12.3. The quantitative estimate of drug-likeness (QED) is 0.418. The summed E-state index contributed by atoms with van der Waals surface area (Å²) in [6, 6.07) is 16.1. The van der Waals surface area contributed by atoms with Crippen LogP contribution < -0.4 is 9.44 Å². The first-order valence-corrected chi connectivity index (χ1v) is 15.3. The van der Waals surface area contributed by atoms with Crippen molar-refractivity contribution < 1.29 is 21.9 Å². The van der Waals surface area contributed by atoms with E-state index in [0.29, 0.717) is 38.3 Å². The van der Waals surface area contributed by atoms with E-state index in [-0.39, 0.29) is 10.8 Å². The molecule has 0 saturated heterocycles. The third-order valence-electron chi connectivity index (χ3n) is 7.14. The molecule has 0 heterocycles. The van der Waals surface area contributed by atoms with Crippen LogP contribution in [0.2, 0.25) is 0 Å². The van der Waals surface area contributed by atoms with Crippen molar-refractivity contribution in [2.75, 3.05) is 13.1 Å². The van der Waals surface area contributed by atoms with E-state index < -0.39 is 30.9 Å². The van der Waals surface area contributed by atoms with Crippen molar-refractivity contribution >= 4 is 20.0 Å². The molecule has 9 heteroatoms. The topological polar surface area (TPSA) is 113 Å². The van der Waals surface area contributed by atoms with E-state index in [9.17, 15) is 21.9 Å². The van der Waals surface area contributed by atoms with Crippen molar-refractivity contribution in [3.8, 4) is 0 Å². The molecule has 2 aromatic carbocycles. The molecule has 7 nitrogen and oxygen atoms in total. The second-order valence-corrected chi connectivity index (χ2v) is 14.0. The van der Waals surface area contributed by atoms with Crippen molar-refractivity contribution in [3.63, 3.8) is 0 Å². The van der Waals surface area contributed by atoms with Gasteiger partial charge < -0.3 is 5.11 Å². The average Bonchev–Trinajstić information content (AvgIpc) is 2.84. The van der Waals surface area contributed by atoms with Gasteiger partial charge in [-0.05, 0) is 81.0 Å². The van der Waals surface area contributed by atoms with Gasteiger partial charge in [-0.2, -0.15) is 0 Å². The Morgan fingerprint density at radius 1 is 0.914 bits per heavy atom. The van der Waals surface area contributed by atoms with Gasteiger partial charge in [0.1, 0.15) is 0 Å². The third-order valence-corrected chi connectivity index (χ3v) is 10.4. The summed E-state index contributed by atoms with van der Waals surface area (Å²) in [5.41, 5.74) is 0.978. The molecule has 35 heavy (non-hydrogen) atoms. The van der Waals surface area contributed by atoms with Gasteiger partial charge in [0.2, 0.25) is 20.0 Å². The van der Waals surface area contributed by atoms with E-state index >= 15 is 0 Å². The van der Waals surface area contributed by atoms with Gasteiger partial charge in [0, 0.05) is 13.1 Å². The second-order valence-electron chi connectivity index (χ2n) is 9.95. The van der Waals surface area contributed by atoms with Gasteiger partial charge in [-0.3, -0.25) is 0 Å². The van der Waals surface area contributed by atoms with Gasteiger partial charge in [-0.15, -0.1) is 0 Å². The molecule has 0 aromatic heterocycles. The van der Waals surface area contributed by atoms with Crippen LogP contribution in [0.1, 0.15) is 57.6 Å². The van der Waals surface area contributed by atoms with Gasteiger partial charge >= 0.3 is 0 Å². The number of hydrogen-bond acceptors (Lipinski definition) is 5. The lowest BCUT2D eigenvalue weighted by molar-refractivity contribution is -0.0207. The minimum atomic E-state index is -3.52. The lowest BCUT2D eigenvalue weighted by Gasteiger charge is -2.38. The Balaban J connectivity index is 1.49. The van der Waals surface area contributed by atoms with Crippen molar-refractivity contribution in [1.82, 2.24) is 9.44 Å². The molecule has 0 aliphatic heterocycles. The zero-order valence-electron chi connectivity index (χ0n) is 20.8. The molecule has 3 N–H and O–H groups in total. The molecule has 1 fully saturated rings.